The average Bonchev–Trinajstić information content (AvgIpc) is 2.92. The third kappa shape index (κ3) is 4.79. The molecule has 1 fully saturated rings. The zero-order valence-corrected chi connectivity index (χ0v) is 21.6. The van der Waals surface area contributed by atoms with E-state index in [2.05, 4.69) is 46.7 Å². The summed E-state index contributed by atoms with van der Waals surface area (Å²) in [6.45, 7) is 9.01. The summed E-state index contributed by atoms with van der Waals surface area (Å²) in [5.74, 6) is 0.682. The second-order valence-corrected chi connectivity index (χ2v) is 9.58. The summed E-state index contributed by atoms with van der Waals surface area (Å²) in [7, 11) is 0. The summed E-state index contributed by atoms with van der Waals surface area (Å²) in [4.78, 5) is 28.2. The van der Waals surface area contributed by atoms with Crippen molar-refractivity contribution in [1.82, 2.24) is 14.9 Å². The predicted octanol–water partition coefficient (Wildman–Crippen LogP) is 4.36. The number of halogens is 1. The highest BCUT2D eigenvalue weighted by atomic mass is 35.5. The van der Waals surface area contributed by atoms with Gasteiger partial charge in [-0.25, -0.2) is 0 Å². The molecular formula is C28H29ClN6O2. The number of carbonyl (C=O) groups excluding carboxylic acids is 1. The Morgan fingerprint density at radius 1 is 1.22 bits per heavy atom. The smallest absolute Gasteiger partial charge is 0.318 e. The molecule has 2 aliphatic heterocycles. The van der Waals surface area contributed by atoms with Gasteiger partial charge >= 0.3 is 6.01 Å². The number of nitrogens with zero attached hydrogens (tertiary/aromatic N) is 6. The second kappa shape index (κ2) is 10.7. The normalized spacial score (nSPS) is 17.3. The fourth-order valence-electron chi connectivity index (χ4n) is 5.32. The van der Waals surface area contributed by atoms with E-state index in [-0.39, 0.29) is 18.4 Å². The van der Waals surface area contributed by atoms with Crippen molar-refractivity contribution in [2.75, 3.05) is 42.6 Å². The van der Waals surface area contributed by atoms with Gasteiger partial charge in [-0.1, -0.05) is 42.4 Å². The monoisotopic (exact) mass is 516 g/mol. The number of anilines is 2. The van der Waals surface area contributed by atoms with Crippen LogP contribution in [0.5, 0.6) is 6.01 Å². The van der Waals surface area contributed by atoms with Gasteiger partial charge in [-0.05, 0) is 36.9 Å². The number of aromatic nitrogens is 2. The van der Waals surface area contributed by atoms with Crippen molar-refractivity contribution < 1.29 is 9.53 Å². The number of benzene rings is 2. The van der Waals surface area contributed by atoms with Gasteiger partial charge in [0.15, 0.2) is 0 Å². The highest BCUT2D eigenvalue weighted by Gasteiger charge is 2.33. The molecule has 3 aromatic rings. The number of rotatable bonds is 6. The van der Waals surface area contributed by atoms with Gasteiger partial charge in [-0.3, -0.25) is 4.79 Å². The van der Waals surface area contributed by atoms with E-state index in [0.717, 1.165) is 51.5 Å². The molecule has 0 spiro atoms. The predicted molar refractivity (Wildman–Crippen MR) is 145 cm³/mol. The molecule has 9 heteroatoms. The maximum atomic E-state index is 12.4. The Labute approximate surface area is 221 Å². The van der Waals surface area contributed by atoms with Crippen LogP contribution in [0.25, 0.3) is 10.8 Å². The lowest BCUT2D eigenvalue weighted by Gasteiger charge is -2.42. The molecular weight excluding hydrogens is 488 g/mol. The minimum absolute atomic E-state index is 0.149. The molecule has 2 aromatic carbocycles. The standard InChI is InChI=1S/C28H29ClN6O2/c1-3-25(36)35-16-15-34(17-20(35)11-13-30)27-21-12-14-33(18-23(21)31-28(32-27)37-4-2)24-10-6-8-19-7-5-9-22(29)26(19)24/h3,5-10,20H,1,4,11-12,14-18H2,2H3/t20-/m0/s1. The SMILES string of the molecule is C=CC(=O)N1CCN(c2nc(OCC)nc3c2CCN(c2cccc4cccc(Cl)c24)C3)C[C@@H]1CC#N. The first-order chi connectivity index (χ1) is 18.0. The number of fused-ring (bicyclic) bond motifs is 2. The van der Waals surface area contributed by atoms with Gasteiger partial charge in [-0.15, -0.1) is 0 Å². The molecule has 1 saturated heterocycles. The largest absolute Gasteiger partial charge is 0.464 e. The maximum absolute atomic E-state index is 12.4. The molecule has 0 saturated carbocycles. The van der Waals surface area contributed by atoms with Crippen LogP contribution in [0.4, 0.5) is 11.5 Å². The first-order valence-electron chi connectivity index (χ1n) is 12.5. The summed E-state index contributed by atoms with van der Waals surface area (Å²) >= 11 is 6.62. The van der Waals surface area contributed by atoms with Crippen molar-refractivity contribution in [3.05, 3.63) is 65.3 Å². The van der Waals surface area contributed by atoms with E-state index < -0.39 is 0 Å². The highest BCUT2D eigenvalue weighted by Crippen LogP contribution is 2.37. The van der Waals surface area contributed by atoms with E-state index in [1.165, 1.54) is 6.08 Å². The summed E-state index contributed by atoms with van der Waals surface area (Å²) in [5, 5.41) is 12.3. The molecule has 8 nitrogen and oxygen atoms in total. The first kappa shape index (κ1) is 24.8. The number of nitriles is 1. The number of ether oxygens (including phenoxy) is 1. The van der Waals surface area contributed by atoms with Crippen LogP contribution in [0.3, 0.4) is 0 Å². The van der Waals surface area contributed by atoms with Crippen molar-refractivity contribution >= 4 is 39.8 Å². The number of piperazine rings is 1. The zero-order chi connectivity index (χ0) is 25.9. The van der Waals surface area contributed by atoms with Crippen LogP contribution < -0.4 is 14.5 Å². The topological polar surface area (TPSA) is 85.6 Å². The Balaban J connectivity index is 1.50. The molecule has 1 atom stereocenters. The van der Waals surface area contributed by atoms with Crippen molar-refractivity contribution in [1.29, 1.82) is 5.26 Å². The first-order valence-corrected chi connectivity index (χ1v) is 12.9. The molecule has 1 aromatic heterocycles. The molecule has 0 bridgehead atoms. The van der Waals surface area contributed by atoms with Crippen LogP contribution in [-0.2, 0) is 17.8 Å². The van der Waals surface area contributed by atoms with Crippen LogP contribution in [0, 0.1) is 11.3 Å². The fraction of sp³-hybridized carbons (Fsp3) is 0.357. The third-order valence-electron chi connectivity index (χ3n) is 7.04. The van der Waals surface area contributed by atoms with Crippen LogP contribution in [0.1, 0.15) is 24.6 Å². The van der Waals surface area contributed by atoms with Gasteiger partial charge in [0.1, 0.15) is 5.82 Å². The van der Waals surface area contributed by atoms with Gasteiger partial charge in [-0.2, -0.15) is 15.2 Å². The molecule has 1 amide bonds. The number of hydrogen-bond donors (Lipinski definition) is 0. The number of amides is 1. The second-order valence-electron chi connectivity index (χ2n) is 9.17. The van der Waals surface area contributed by atoms with Crippen molar-refractivity contribution in [3.8, 4) is 12.1 Å². The van der Waals surface area contributed by atoms with Crippen molar-refractivity contribution in [2.24, 2.45) is 0 Å². The molecule has 37 heavy (non-hydrogen) atoms. The van der Waals surface area contributed by atoms with Crippen molar-refractivity contribution in [2.45, 2.75) is 32.4 Å². The van der Waals surface area contributed by atoms with E-state index in [1.807, 2.05) is 19.1 Å². The molecule has 0 radical (unpaired) electrons. The van der Waals surface area contributed by atoms with E-state index >= 15 is 0 Å². The lowest BCUT2D eigenvalue weighted by molar-refractivity contribution is -0.128. The fourth-order valence-corrected chi connectivity index (χ4v) is 5.60. The van der Waals surface area contributed by atoms with Crippen LogP contribution in [0.15, 0.2) is 49.1 Å². The molecule has 0 aliphatic carbocycles. The van der Waals surface area contributed by atoms with Gasteiger partial charge in [0, 0.05) is 42.8 Å². The summed E-state index contributed by atoms with van der Waals surface area (Å²) in [6, 6.07) is 14.5. The Morgan fingerprint density at radius 3 is 2.78 bits per heavy atom. The Morgan fingerprint density at radius 2 is 2.03 bits per heavy atom. The van der Waals surface area contributed by atoms with E-state index in [4.69, 9.17) is 26.3 Å². The van der Waals surface area contributed by atoms with Gasteiger partial charge in [0.25, 0.3) is 0 Å². The van der Waals surface area contributed by atoms with Crippen LogP contribution >= 0.6 is 11.6 Å². The minimum atomic E-state index is -0.233. The van der Waals surface area contributed by atoms with Crippen LogP contribution in [-0.4, -0.2) is 59.6 Å². The Bertz CT molecular complexity index is 1380. The molecule has 0 N–H and O–H groups in total. The quantitative estimate of drug-likeness (QED) is 0.450. The van der Waals surface area contributed by atoms with Crippen molar-refractivity contribution in [3.63, 3.8) is 0 Å². The third-order valence-corrected chi connectivity index (χ3v) is 7.35. The van der Waals surface area contributed by atoms with Gasteiger partial charge in [0.2, 0.25) is 5.91 Å². The molecule has 0 unspecified atom stereocenters. The van der Waals surface area contributed by atoms with E-state index in [1.54, 1.807) is 4.90 Å². The lowest BCUT2D eigenvalue weighted by atomic mass is 10.0. The minimum Gasteiger partial charge on any atom is -0.464 e. The number of carbonyl (C=O) groups is 1. The molecule has 190 valence electrons. The Kier molecular flexibility index (Phi) is 7.15. The molecule has 2 aliphatic rings. The van der Waals surface area contributed by atoms with Gasteiger partial charge in [0.05, 0.1) is 42.4 Å². The zero-order valence-electron chi connectivity index (χ0n) is 20.9. The number of hydrogen-bond acceptors (Lipinski definition) is 7. The lowest BCUT2D eigenvalue weighted by Crippen LogP contribution is -2.55. The Hall–Kier alpha value is -3.83. The molecule has 5 rings (SSSR count). The summed E-state index contributed by atoms with van der Waals surface area (Å²) in [6.07, 6.45) is 2.32. The van der Waals surface area contributed by atoms with Gasteiger partial charge < -0.3 is 19.4 Å². The van der Waals surface area contributed by atoms with E-state index in [0.29, 0.717) is 38.8 Å². The van der Waals surface area contributed by atoms with E-state index in [9.17, 15) is 10.1 Å². The molecule has 3 heterocycles. The maximum Gasteiger partial charge on any atom is 0.318 e. The summed E-state index contributed by atoms with van der Waals surface area (Å²) in [5.41, 5.74) is 3.09. The average molecular weight is 517 g/mol. The van der Waals surface area contributed by atoms with Crippen LogP contribution in [0.2, 0.25) is 5.02 Å². The summed E-state index contributed by atoms with van der Waals surface area (Å²) < 4.78 is 5.77. The highest BCUT2D eigenvalue weighted by molar-refractivity contribution is 6.36.